The van der Waals surface area contributed by atoms with Crippen molar-refractivity contribution in [3.63, 3.8) is 0 Å². The van der Waals surface area contributed by atoms with Crippen LogP contribution in [0.4, 0.5) is 11.6 Å². The van der Waals surface area contributed by atoms with Gasteiger partial charge in [-0.2, -0.15) is 0 Å². The van der Waals surface area contributed by atoms with Crippen molar-refractivity contribution >= 4 is 11.6 Å². The largest absolute Gasteiger partial charge is 0.370 e. The monoisotopic (exact) mass is 293 g/mol. The highest BCUT2D eigenvalue weighted by Crippen LogP contribution is 2.17. The van der Waals surface area contributed by atoms with Gasteiger partial charge in [0.15, 0.2) is 0 Å². The highest BCUT2D eigenvalue weighted by molar-refractivity contribution is 5.47. The van der Waals surface area contributed by atoms with Gasteiger partial charge in [-0.05, 0) is 27.3 Å². The summed E-state index contributed by atoms with van der Waals surface area (Å²) in [6.45, 7) is 13.6. The quantitative estimate of drug-likeness (QED) is 0.732. The van der Waals surface area contributed by atoms with Gasteiger partial charge in [0.2, 0.25) is 0 Å². The van der Waals surface area contributed by atoms with Crippen molar-refractivity contribution in [3.05, 3.63) is 11.9 Å². The van der Waals surface area contributed by atoms with Crippen molar-refractivity contribution in [1.29, 1.82) is 0 Å². The summed E-state index contributed by atoms with van der Waals surface area (Å²) in [5.74, 6) is 3.03. The minimum atomic E-state index is 0.326. The average Bonchev–Trinajstić information content (AvgIpc) is 2.44. The van der Waals surface area contributed by atoms with Crippen LogP contribution < -0.4 is 10.6 Å². The summed E-state index contributed by atoms with van der Waals surface area (Å²) >= 11 is 0. The maximum absolute atomic E-state index is 4.60. The Labute approximate surface area is 129 Å². The van der Waals surface area contributed by atoms with E-state index in [0.29, 0.717) is 12.0 Å². The van der Waals surface area contributed by atoms with E-state index in [1.54, 1.807) is 0 Å². The van der Waals surface area contributed by atoms with Gasteiger partial charge in [-0.1, -0.05) is 20.8 Å². The molecule has 120 valence electrons. The van der Waals surface area contributed by atoms with Gasteiger partial charge in [-0.15, -0.1) is 0 Å². The lowest BCUT2D eigenvalue weighted by Crippen LogP contribution is -2.31. The van der Waals surface area contributed by atoms with Crippen molar-refractivity contribution in [2.75, 3.05) is 37.3 Å². The molecule has 0 aliphatic heterocycles. The number of likely N-dealkylation sites (N-methyl/N-ethyl adjacent to an activating group) is 1. The van der Waals surface area contributed by atoms with Crippen LogP contribution >= 0.6 is 0 Å². The summed E-state index contributed by atoms with van der Waals surface area (Å²) in [6.07, 6.45) is 1.09. The number of nitrogens with zero attached hydrogens (tertiary/aromatic N) is 3. The lowest BCUT2D eigenvalue weighted by atomic mass is 10.2. The topological polar surface area (TPSA) is 53.1 Å². The number of anilines is 2. The number of aromatic nitrogens is 2. The summed E-state index contributed by atoms with van der Waals surface area (Å²) in [5, 5.41) is 6.76. The molecule has 0 saturated heterocycles. The SMILES string of the molecule is CCCNc1cc(NCCN(C)C(C)C)nc(C(C)C)n1. The second-order valence-electron chi connectivity index (χ2n) is 6.08. The Morgan fingerprint density at radius 3 is 2.10 bits per heavy atom. The molecule has 0 amide bonds. The molecule has 0 bridgehead atoms. The zero-order valence-corrected chi connectivity index (χ0v) is 14.4. The smallest absolute Gasteiger partial charge is 0.135 e. The Balaban J connectivity index is 2.69. The zero-order valence-electron chi connectivity index (χ0n) is 14.4. The van der Waals surface area contributed by atoms with Crippen LogP contribution in [-0.2, 0) is 0 Å². The first-order valence-electron chi connectivity index (χ1n) is 8.01. The maximum Gasteiger partial charge on any atom is 0.135 e. The van der Waals surface area contributed by atoms with Gasteiger partial charge in [0.25, 0.3) is 0 Å². The molecule has 0 fully saturated rings. The van der Waals surface area contributed by atoms with Gasteiger partial charge < -0.3 is 15.5 Å². The van der Waals surface area contributed by atoms with Crippen LogP contribution in [0, 0.1) is 0 Å². The van der Waals surface area contributed by atoms with Gasteiger partial charge in [-0.3, -0.25) is 0 Å². The molecule has 0 saturated carbocycles. The molecule has 1 aromatic rings. The standard InChI is InChI=1S/C16H31N5/c1-7-8-17-14-11-15(20-16(19-14)12(2)3)18-9-10-21(6)13(4)5/h11-13H,7-10H2,1-6H3,(H2,17,18,19,20). The first-order valence-corrected chi connectivity index (χ1v) is 8.01. The Hall–Kier alpha value is -1.36. The molecule has 0 aromatic carbocycles. The Morgan fingerprint density at radius 2 is 1.62 bits per heavy atom. The minimum absolute atomic E-state index is 0.326. The van der Waals surface area contributed by atoms with E-state index in [9.17, 15) is 0 Å². The van der Waals surface area contributed by atoms with Crippen molar-refractivity contribution in [1.82, 2.24) is 14.9 Å². The summed E-state index contributed by atoms with van der Waals surface area (Å²) in [7, 11) is 2.14. The second kappa shape index (κ2) is 8.82. The van der Waals surface area contributed by atoms with E-state index in [1.165, 1.54) is 0 Å². The number of nitrogens with one attached hydrogen (secondary N) is 2. The van der Waals surface area contributed by atoms with Gasteiger partial charge in [0.05, 0.1) is 0 Å². The van der Waals surface area contributed by atoms with Crippen LogP contribution in [-0.4, -0.2) is 47.6 Å². The fourth-order valence-corrected chi connectivity index (χ4v) is 1.78. The molecular formula is C16H31N5. The van der Waals surface area contributed by atoms with Crippen molar-refractivity contribution in [3.8, 4) is 0 Å². The summed E-state index contributed by atoms with van der Waals surface area (Å²) in [5.41, 5.74) is 0. The molecule has 1 rings (SSSR count). The lowest BCUT2D eigenvalue weighted by Gasteiger charge is -2.21. The minimum Gasteiger partial charge on any atom is -0.370 e. The van der Waals surface area contributed by atoms with Crippen LogP contribution in [0.1, 0.15) is 52.8 Å². The molecule has 2 N–H and O–H groups in total. The van der Waals surface area contributed by atoms with Gasteiger partial charge >= 0.3 is 0 Å². The lowest BCUT2D eigenvalue weighted by molar-refractivity contribution is 0.284. The van der Waals surface area contributed by atoms with E-state index in [4.69, 9.17) is 0 Å². The fraction of sp³-hybridized carbons (Fsp3) is 0.750. The number of hydrogen-bond donors (Lipinski definition) is 2. The summed E-state index contributed by atoms with van der Waals surface area (Å²) < 4.78 is 0. The van der Waals surface area contributed by atoms with Crippen LogP contribution in [0.15, 0.2) is 6.07 Å². The predicted molar refractivity (Wildman–Crippen MR) is 91.2 cm³/mol. The molecule has 0 unspecified atom stereocenters. The molecule has 21 heavy (non-hydrogen) atoms. The summed E-state index contributed by atoms with van der Waals surface area (Å²) in [6, 6.07) is 2.56. The first-order chi connectivity index (χ1) is 9.93. The second-order valence-corrected chi connectivity index (χ2v) is 6.08. The normalized spacial score (nSPS) is 11.5. The van der Waals surface area contributed by atoms with Crippen LogP contribution in [0.25, 0.3) is 0 Å². The van der Waals surface area contributed by atoms with Crippen LogP contribution in [0.3, 0.4) is 0 Å². The molecular weight excluding hydrogens is 262 g/mol. The molecule has 5 heteroatoms. The Bertz CT molecular complexity index is 417. The van der Waals surface area contributed by atoms with E-state index in [2.05, 4.69) is 67.2 Å². The van der Waals surface area contributed by atoms with Gasteiger partial charge in [0, 0.05) is 37.7 Å². The molecule has 5 nitrogen and oxygen atoms in total. The van der Waals surface area contributed by atoms with Gasteiger partial charge in [0.1, 0.15) is 17.5 Å². The zero-order chi connectivity index (χ0) is 15.8. The van der Waals surface area contributed by atoms with Crippen LogP contribution in [0.2, 0.25) is 0 Å². The third-order valence-electron chi connectivity index (χ3n) is 3.47. The molecule has 0 spiro atoms. The van der Waals surface area contributed by atoms with Crippen molar-refractivity contribution in [2.45, 2.75) is 53.0 Å². The maximum atomic E-state index is 4.60. The van der Waals surface area contributed by atoms with E-state index in [0.717, 1.165) is 43.5 Å². The summed E-state index contributed by atoms with van der Waals surface area (Å²) in [4.78, 5) is 11.5. The molecule has 0 atom stereocenters. The van der Waals surface area contributed by atoms with E-state index >= 15 is 0 Å². The van der Waals surface area contributed by atoms with E-state index in [1.807, 2.05) is 6.07 Å². The molecule has 1 heterocycles. The fourth-order valence-electron chi connectivity index (χ4n) is 1.78. The van der Waals surface area contributed by atoms with E-state index < -0.39 is 0 Å². The highest BCUT2D eigenvalue weighted by atomic mass is 15.1. The van der Waals surface area contributed by atoms with Gasteiger partial charge in [-0.25, -0.2) is 9.97 Å². The van der Waals surface area contributed by atoms with Crippen LogP contribution in [0.5, 0.6) is 0 Å². The predicted octanol–water partition coefficient (Wildman–Crippen LogP) is 3.17. The molecule has 0 aliphatic rings. The Kier molecular flexibility index (Phi) is 7.43. The average molecular weight is 293 g/mol. The molecule has 1 aromatic heterocycles. The van der Waals surface area contributed by atoms with Crippen molar-refractivity contribution < 1.29 is 0 Å². The van der Waals surface area contributed by atoms with E-state index in [-0.39, 0.29) is 0 Å². The number of rotatable bonds is 9. The molecule has 0 radical (unpaired) electrons. The number of hydrogen-bond acceptors (Lipinski definition) is 5. The molecule has 0 aliphatic carbocycles. The first kappa shape index (κ1) is 17.7. The van der Waals surface area contributed by atoms with Crippen molar-refractivity contribution in [2.24, 2.45) is 0 Å². The third kappa shape index (κ3) is 6.29. The Morgan fingerprint density at radius 1 is 1.05 bits per heavy atom. The third-order valence-corrected chi connectivity index (χ3v) is 3.47. The highest BCUT2D eigenvalue weighted by Gasteiger charge is 2.08.